The van der Waals surface area contributed by atoms with Gasteiger partial charge in [-0.05, 0) is 38.7 Å². The topological polar surface area (TPSA) is 38.5 Å². The number of anilines is 1. The number of benzene rings is 1. The van der Waals surface area contributed by atoms with Crippen LogP contribution in [0, 0.1) is 0 Å². The van der Waals surface area contributed by atoms with E-state index in [2.05, 4.69) is 0 Å². The van der Waals surface area contributed by atoms with E-state index in [0.29, 0.717) is 12.3 Å². The van der Waals surface area contributed by atoms with E-state index in [0.717, 1.165) is 13.0 Å². The van der Waals surface area contributed by atoms with E-state index in [1.54, 1.807) is 6.07 Å². The van der Waals surface area contributed by atoms with Gasteiger partial charge in [-0.1, -0.05) is 0 Å². The molecule has 5 heteroatoms. The molecule has 0 saturated heterocycles. The zero-order valence-electron chi connectivity index (χ0n) is 10.1. The van der Waals surface area contributed by atoms with Crippen molar-refractivity contribution in [3.63, 3.8) is 0 Å². The maximum absolute atomic E-state index is 12.7. The van der Waals surface area contributed by atoms with E-state index >= 15 is 0 Å². The Balaban J connectivity index is 2.58. The van der Waals surface area contributed by atoms with Crippen molar-refractivity contribution in [2.24, 2.45) is 0 Å². The molecule has 96 valence electrons. The average molecular weight is 244 g/mol. The van der Waals surface area contributed by atoms with Gasteiger partial charge in [0.2, 0.25) is 0 Å². The number of nitrogen functional groups attached to an aromatic ring is 1. The van der Waals surface area contributed by atoms with Gasteiger partial charge >= 0.3 is 0 Å². The molecule has 0 saturated carbocycles. The lowest BCUT2D eigenvalue weighted by Crippen LogP contribution is -2.15. The molecule has 0 atom stereocenters. The van der Waals surface area contributed by atoms with E-state index in [4.69, 9.17) is 10.5 Å². The average Bonchev–Trinajstić information content (AvgIpc) is 2.25. The lowest BCUT2D eigenvalue weighted by atomic mass is 10.2. The Morgan fingerprint density at radius 1 is 1.35 bits per heavy atom. The maximum Gasteiger partial charge on any atom is 0.267 e. The third-order valence-corrected chi connectivity index (χ3v) is 2.28. The minimum absolute atomic E-state index is 0.144. The highest BCUT2D eigenvalue weighted by Gasteiger charge is 2.14. The first-order valence-electron chi connectivity index (χ1n) is 5.46. The molecule has 0 fully saturated rings. The number of nitrogens with zero attached hydrogens (tertiary/aromatic N) is 1. The fourth-order valence-electron chi connectivity index (χ4n) is 1.43. The molecule has 0 aliphatic carbocycles. The highest BCUT2D eigenvalue weighted by Crippen LogP contribution is 2.30. The normalized spacial score (nSPS) is 11.2. The summed E-state index contributed by atoms with van der Waals surface area (Å²) in [6.45, 7) is 1.28. The van der Waals surface area contributed by atoms with Crippen LogP contribution in [0.25, 0.3) is 0 Å². The smallest absolute Gasteiger partial charge is 0.267 e. The third-order valence-electron chi connectivity index (χ3n) is 2.28. The summed E-state index contributed by atoms with van der Waals surface area (Å²) < 4.78 is 30.7. The summed E-state index contributed by atoms with van der Waals surface area (Å²) in [6.07, 6.45) is -1.78. The number of rotatable bonds is 6. The first kappa shape index (κ1) is 13.7. The molecular weight excluding hydrogens is 226 g/mol. The van der Waals surface area contributed by atoms with E-state index in [-0.39, 0.29) is 11.3 Å². The molecule has 0 aliphatic rings. The van der Waals surface area contributed by atoms with Gasteiger partial charge in [0.05, 0.1) is 12.2 Å². The summed E-state index contributed by atoms with van der Waals surface area (Å²) in [5.74, 6) is 0.216. The van der Waals surface area contributed by atoms with Crippen LogP contribution in [0.1, 0.15) is 18.4 Å². The summed E-state index contributed by atoms with van der Waals surface area (Å²) in [6, 6.07) is 4.31. The van der Waals surface area contributed by atoms with E-state index in [9.17, 15) is 8.78 Å². The Bertz CT molecular complexity index is 356. The minimum Gasteiger partial charge on any atom is -0.493 e. The molecule has 1 rings (SSSR count). The Labute approximate surface area is 100 Å². The summed E-state index contributed by atoms with van der Waals surface area (Å²) in [5, 5.41) is 0. The predicted octanol–water partition coefficient (Wildman–Crippen LogP) is 2.54. The van der Waals surface area contributed by atoms with Crippen molar-refractivity contribution < 1.29 is 13.5 Å². The molecule has 1 aromatic rings. The lowest BCUT2D eigenvalue weighted by Gasteiger charge is -2.13. The van der Waals surface area contributed by atoms with Gasteiger partial charge in [0.1, 0.15) is 5.75 Å². The molecule has 0 bridgehead atoms. The quantitative estimate of drug-likeness (QED) is 0.617. The van der Waals surface area contributed by atoms with Crippen molar-refractivity contribution in [2.45, 2.75) is 12.8 Å². The van der Waals surface area contributed by atoms with Crippen molar-refractivity contribution in [2.75, 3.05) is 33.0 Å². The first-order valence-corrected chi connectivity index (χ1v) is 5.46. The fourth-order valence-corrected chi connectivity index (χ4v) is 1.43. The second-order valence-corrected chi connectivity index (χ2v) is 4.10. The molecule has 0 aliphatic heterocycles. The van der Waals surface area contributed by atoms with Crippen LogP contribution in [0.2, 0.25) is 0 Å². The monoisotopic (exact) mass is 244 g/mol. The molecule has 0 radical (unpaired) electrons. The van der Waals surface area contributed by atoms with Crippen LogP contribution in [0.5, 0.6) is 5.75 Å². The van der Waals surface area contributed by atoms with Gasteiger partial charge in [-0.2, -0.15) is 0 Å². The first-order chi connectivity index (χ1) is 8.00. The van der Waals surface area contributed by atoms with Gasteiger partial charge < -0.3 is 15.4 Å². The molecule has 0 spiro atoms. The molecule has 3 nitrogen and oxygen atoms in total. The van der Waals surface area contributed by atoms with Gasteiger partial charge in [-0.15, -0.1) is 0 Å². The van der Waals surface area contributed by atoms with Gasteiger partial charge in [-0.25, -0.2) is 8.78 Å². The zero-order chi connectivity index (χ0) is 12.8. The number of alkyl halides is 2. The Kier molecular flexibility index (Phi) is 5.15. The standard InChI is InChI=1S/C12H18F2N2O/c1-16(2)6-3-7-17-11-5-4-9(15)8-10(11)12(13)14/h4-5,8,12H,3,6-7,15H2,1-2H3. The van der Waals surface area contributed by atoms with Crippen molar-refractivity contribution in [3.8, 4) is 5.75 Å². The van der Waals surface area contributed by atoms with Crippen LogP contribution >= 0.6 is 0 Å². The SMILES string of the molecule is CN(C)CCCOc1ccc(N)cc1C(F)F. The summed E-state index contributed by atoms with van der Waals surface area (Å²) in [5.41, 5.74) is 5.64. The van der Waals surface area contributed by atoms with Crippen LogP contribution < -0.4 is 10.5 Å². The fraction of sp³-hybridized carbons (Fsp3) is 0.500. The lowest BCUT2D eigenvalue weighted by molar-refractivity contribution is 0.144. The van der Waals surface area contributed by atoms with Crippen molar-refractivity contribution in [1.82, 2.24) is 4.90 Å². The van der Waals surface area contributed by atoms with Crippen LogP contribution in [-0.2, 0) is 0 Å². The maximum atomic E-state index is 12.7. The van der Waals surface area contributed by atoms with Crippen molar-refractivity contribution in [3.05, 3.63) is 23.8 Å². The summed E-state index contributed by atoms with van der Waals surface area (Å²) >= 11 is 0. The van der Waals surface area contributed by atoms with Crippen LogP contribution in [0.15, 0.2) is 18.2 Å². The van der Waals surface area contributed by atoms with Crippen LogP contribution in [0.4, 0.5) is 14.5 Å². The van der Waals surface area contributed by atoms with Crippen LogP contribution in [-0.4, -0.2) is 32.1 Å². The molecule has 2 N–H and O–H groups in total. The number of nitrogens with two attached hydrogens (primary N) is 1. The zero-order valence-corrected chi connectivity index (χ0v) is 10.1. The van der Waals surface area contributed by atoms with E-state index in [1.165, 1.54) is 12.1 Å². The molecule has 17 heavy (non-hydrogen) atoms. The molecular formula is C12H18F2N2O. The summed E-state index contributed by atoms with van der Waals surface area (Å²) in [4.78, 5) is 2.01. The van der Waals surface area contributed by atoms with Gasteiger partial charge in [0.15, 0.2) is 0 Å². The minimum atomic E-state index is -2.57. The largest absolute Gasteiger partial charge is 0.493 e. The molecule has 0 amide bonds. The molecule has 0 aromatic heterocycles. The number of hydrogen-bond donors (Lipinski definition) is 1. The van der Waals surface area contributed by atoms with Gasteiger partial charge in [0.25, 0.3) is 6.43 Å². The van der Waals surface area contributed by atoms with E-state index in [1.807, 2.05) is 19.0 Å². The Morgan fingerprint density at radius 3 is 2.65 bits per heavy atom. The van der Waals surface area contributed by atoms with Crippen LogP contribution in [0.3, 0.4) is 0 Å². The second-order valence-electron chi connectivity index (χ2n) is 4.10. The molecule has 0 unspecified atom stereocenters. The molecule has 1 aromatic carbocycles. The highest BCUT2D eigenvalue weighted by atomic mass is 19.3. The second kappa shape index (κ2) is 6.39. The third kappa shape index (κ3) is 4.56. The van der Waals surface area contributed by atoms with E-state index < -0.39 is 6.43 Å². The Hall–Kier alpha value is -1.36. The van der Waals surface area contributed by atoms with Gasteiger partial charge in [0, 0.05) is 12.2 Å². The number of halogens is 2. The number of ether oxygens (including phenoxy) is 1. The number of hydrogen-bond acceptors (Lipinski definition) is 3. The van der Waals surface area contributed by atoms with Gasteiger partial charge in [-0.3, -0.25) is 0 Å². The van der Waals surface area contributed by atoms with Crippen molar-refractivity contribution >= 4 is 5.69 Å². The van der Waals surface area contributed by atoms with Crippen molar-refractivity contribution in [1.29, 1.82) is 0 Å². The molecule has 0 heterocycles. The predicted molar refractivity (Wildman–Crippen MR) is 64.5 cm³/mol. The summed E-state index contributed by atoms with van der Waals surface area (Å²) in [7, 11) is 3.90. The highest BCUT2D eigenvalue weighted by molar-refractivity contribution is 5.48. The Morgan fingerprint density at radius 2 is 2.06 bits per heavy atom.